The summed E-state index contributed by atoms with van der Waals surface area (Å²) in [5, 5.41) is 2.99. The molecule has 0 aromatic carbocycles. The van der Waals surface area contributed by atoms with Crippen molar-refractivity contribution in [3.8, 4) is 0 Å². The quantitative estimate of drug-likeness (QED) is 0.706. The SMILES string of the molecule is Cc1cc(=O)n(CCNCCS(C)(=O)=O)c(C)n1. The zero-order valence-electron chi connectivity index (χ0n) is 10.9. The summed E-state index contributed by atoms with van der Waals surface area (Å²) in [5.74, 6) is 0.775. The smallest absolute Gasteiger partial charge is 0.253 e. The first kappa shape index (κ1) is 14.8. The third-order valence-electron chi connectivity index (χ3n) is 2.49. The molecular formula is C11H19N3O3S. The lowest BCUT2D eigenvalue weighted by molar-refractivity contribution is 0.567. The number of hydrogen-bond donors (Lipinski definition) is 1. The van der Waals surface area contributed by atoms with Crippen LogP contribution in [0.5, 0.6) is 0 Å². The van der Waals surface area contributed by atoms with E-state index in [9.17, 15) is 13.2 Å². The highest BCUT2D eigenvalue weighted by molar-refractivity contribution is 7.90. The van der Waals surface area contributed by atoms with Crippen molar-refractivity contribution in [1.82, 2.24) is 14.9 Å². The second kappa shape index (κ2) is 6.10. The molecule has 0 fully saturated rings. The molecule has 1 heterocycles. The molecule has 0 aliphatic heterocycles. The largest absolute Gasteiger partial charge is 0.314 e. The molecule has 7 heteroatoms. The van der Waals surface area contributed by atoms with E-state index < -0.39 is 9.84 Å². The van der Waals surface area contributed by atoms with Crippen LogP contribution >= 0.6 is 0 Å². The lowest BCUT2D eigenvalue weighted by Gasteiger charge is -2.10. The van der Waals surface area contributed by atoms with Crippen molar-refractivity contribution in [2.24, 2.45) is 0 Å². The summed E-state index contributed by atoms with van der Waals surface area (Å²) in [6, 6.07) is 1.49. The first-order valence-corrected chi connectivity index (χ1v) is 7.79. The number of aryl methyl sites for hydroxylation is 2. The predicted octanol–water partition coefficient (Wildman–Crippen LogP) is -0.506. The van der Waals surface area contributed by atoms with Crippen molar-refractivity contribution in [2.75, 3.05) is 25.1 Å². The number of sulfone groups is 1. The van der Waals surface area contributed by atoms with E-state index >= 15 is 0 Å². The van der Waals surface area contributed by atoms with E-state index in [1.807, 2.05) is 0 Å². The Morgan fingerprint density at radius 3 is 2.56 bits per heavy atom. The van der Waals surface area contributed by atoms with Gasteiger partial charge in [0.2, 0.25) is 0 Å². The summed E-state index contributed by atoms with van der Waals surface area (Å²) in [7, 11) is -2.93. The Labute approximate surface area is 107 Å². The molecule has 0 spiro atoms. The van der Waals surface area contributed by atoms with Gasteiger partial charge >= 0.3 is 0 Å². The molecule has 18 heavy (non-hydrogen) atoms. The highest BCUT2D eigenvalue weighted by Crippen LogP contribution is 1.92. The van der Waals surface area contributed by atoms with Crippen molar-refractivity contribution >= 4 is 9.84 Å². The van der Waals surface area contributed by atoms with E-state index in [4.69, 9.17) is 0 Å². The molecule has 0 atom stereocenters. The summed E-state index contributed by atoms with van der Waals surface area (Å²) >= 11 is 0. The lowest BCUT2D eigenvalue weighted by atomic mass is 10.4. The number of nitrogens with zero attached hydrogens (tertiary/aromatic N) is 2. The third kappa shape index (κ3) is 4.97. The van der Waals surface area contributed by atoms with Gasteiger partial charge in [0.05, 0.1) is 5.75 Å². The van der Waals surface area contributed by atoms with Gasteiger partial charge in [0.15, 0.2) is 0 Å². The molecule has 0 saturated carbocycles. The fourth-order valence-electron chi connectivity index (χ4n) is 1.61. The molecule has 0 saturated heterocycles. The number of rotatable bonds is 6. The molecule has 1 rings (SSSR count). The first-order chi connectivity index (χ1) is 8.29. The summed E-state index contributed by atoms with van der Waals surface area (Å²) in [6.07, 6.45) is 1.20. The highest BCUT2D eigenvalue weighted by atomic mass is 32.2. The minimum absolute atomic E-state index is 0.0788. The van der Waals surface area contributed by atoms with Gasteiger partial charge in [-0.15, -0.1) is 0 Å². The molecule has 1 aromatic heterocycles. The van der Waals surface area contributed by atoms with Crippen LogP contribution in [0.4, 0.5) is 0 Å². The van der Waals surface area contributed by atoms with Gasteiger partial charge in [-0.2, -0.15) is 0 Å². The second-order valence-electron chi connectivity index (χ2n) is 4.31. The normalized spacial score (nSPS) is 11.7. The van der Waals surface area contributed by atoms with Gasteiger partial charge in [-0.25, -0.2) is 13.4 Å². The summed E-state index contributed by atoms with van der Waals surface area (Å²) in [6.45, 7) is 4.99. The van der Waals surface area contributed by atoms with Gasteiger partial charge in [0.1, 0.15) is 15.7 Å². The minimum Gasteiger partial charge on any atom is -0.314 e. The van der Waals surface area contributed by atoms with Crippen LogP contribution in [0.15, 0.2) is 10.9 Å². The van der Waals surface area contributed by atoms with Crippen LogP contribution in [0.2, 0.25) is 0 Å². The molecule has 1 N–H and O–H groups in total. The van der Waals surface area contributed by atoms with Gasteiger partial charge in [0.25, 0.3) is 5.56 Å². The molecule has 0 bridgehead atoms. The number of nitrogens with one attached hydrogen (secondary N) is 1. The van der Waals surface area contributed by atoms with Crippen molar-refractivity contribution in [3.05, 3.63) is 27.9 Å². The van der Waals surface area contributed by atoms with Gasteiger partial charge in [0, 0.05) is 37.7 Å². The molecule has 0 amide bonds. The van der Waals surface area contributed by atoms with E-state index in [-0.39, 0.29) is 11.3 Å². The highest BCUT2D eigenvalue weighted by Gasteiger charge is 2.03. The summed E-state index contributed by atoms with van der Waals surface area (Å²) in [4.78, 5) is 15.9. The van der Waals surface area contributed by atoms with E-state index in [1.54, 1.807) is 18.4 Å². The topological polar surface area (TPSA) is 81.1 Å². The monoisotopic (exact) mass is 273 g/mol. The van der Waals surface area contributed by atoms with Crippen molar-refractivity contribution < 1.29 is 8.42 Å². The molecular weight excluding hydrogens is 254 g/mol. The maximum Gasteiger partial charge on any atom is 0.253 e. The first-order valence-electron chi connectivity index (χ1n) is 5.73. The Bertz CT molecular complexity index is 563. The van der Waals surface area contributed by atoms with E-state index in [0.717, 1.165) is 0 Å². The molecule has 102 valence electrons. The standard InChI is InChI=1S/C11H19N3O3S/c1-9-8-11(15)14(10(2)13-9)6-4-12-5-7-18(3,16)17/h8,12H,4-7H2,1-3H3. The average molecular weight is 273 g/mol. The maximum absolute atomic E-state index is 11.7. The maximum atomic E-state index is 11.7. The molecule has 0 unspecified atom stereocenters. The van der Waals surface area contributed by atoms with Crippen LogP contribution in [0, 0.1) is 13.8 Å². The van der Waals surface area contributed by atoms with E-state index in [1.165, 1.54) is 12.3 Å². The Hall–Kier alpha value is -1.21. The van der Waals surface area contributed by atoms with Gasteiger partial charge in [-0.05, 0) is 13.8 Å². The van der Waals surface area contributed by atoms with Crippen LogP contribution in [-0.2, 0) is 16.4 Å². The fraction of sp³-hybridized carbons (Fsp3) is 0.636. The lowest BCUT2D eigenvalue weighted by Crippen LogP contribution is -2.31. The Kier molecular flexibility index (Phi) is 5.03. The Morgan fingerprint density at radius 1 is 1.33 bits per heavy atom. The molecule has 6 nitrogen and oxygen atoms in total. The number of aromatic nitrogens is 2. The number of hydrogen-bond acceptors (Lipinski definition) is 5. The van der Waals surface area contributed by atoms with Gasteiger partial charge < -0.3 is 5.32 Å². The second-order valence-corrected chi connectivity index (χ2v) is 6.57. The third-order valence-corrected chi connectivity index (χ3v) is 3.43. The minimum atomic E-state index is -2.93. The fourth-order valence-corrected chi connectivity index (χ4v) is 2.12. The van der Waals surface area contributed by atoms with Crippen LogP contribution < -0.4 is 10.9 Å². The molecule has 0 aliphatic carbocycles. The van der Waals surface area contributed by atoms with Crippen molar-refractivity contribution in [2.45, 2.75) is 20.4 Å². The van der Waals surface area contributed by atoms with Crippen LogP contribution in [0.3, 0.4) is 0 Å². The van der Waals surface area contributed by atoms with Crippen LogP contribution in [-0.4, -0.2) is 43.1 Å². The van der Waals surface area contributed by atoms with E-state index in [2.05, 4.69) is 10.3 Å². The molecule has 1 aromatic rings. The van der Waals surface area contributed by atoms with Crippen molar-refractivity contribution in [3.63, 3.8) is 0 Å². The Morgan fingerprint density at radius 2 is 2.00 bits per heavy atom. The average Bonchev–Trinajstić information content (AvgIpc) is 2.19. The summed E-state index contributed by atoms with van der Waals surface area (Å²) in [5.41, 5.74) is 0.628. The zero-order valence-corrected chi connectivity index (χ0v) is 11.7. The van der Waals surface area contributed by atoms with Gasteiger partial charge in [-0.1, -0.05) is 0 Å². The Balaban J connectivity index is 2.48. The zero-order chi connectivity index (χ0) is 13.8. The van der Waals surface area contributed by atoms with Gasteiger partial charge in [-0.3, -0.25) is 9.36 Å². The predicted molar refractivity (Wildman–Crippen MR) is 70.6 cm³/mol. The van der Waals surface area contributed by atoms with Crippen molar-refractivity contribution in [1.29, 1.82) is 0 Å². The van der Waals surface area contributed by atoms with Crippen LogP contribution in [0.25, 0.3) is 0 Å². The molecule has 0 aliphatic rings. The molecule has 0 radical (unpaired) electrons. The van der Waals surface area contributed by atoms with E-state index in [0.29, 0.717) is 31.2 Å². The summed E-state index contributed by atoms with van der Waals surface area (Å²) < 4.78 is 23.4. The van der Waals surface area contributed by atoms with Crippen LogP contribution in [0.1, 0.15) is 11.5 Å².